The summed E-state index contributed by atoms with van der Waals surface area (Å²) in [6.07, 6.45) is 0.144. The molecule has 8 heteroatoms. The van der Waals surface area contributed by atoms with Gasteiger partial charge < -0.3 is 5.73 Å². The van der Waals surface area contributed by atoms with Crippen molar-refractivity contribution < 1.29 is 9.59 Å². The number of nitrogens with zero attached hydrogens (tertiary/aromatic N) is 3. The van der Waals surface area contributed by atoms with Gasteiger partial charge in [0, 0.05) is 17.4 Å². The summed E-state index contributed by atoms with van der Waals surface area (Å²) in [5.41, 5.74) is 10.6. The van der Waals surface area contributed by atoms with Gasteiger partial charge in [0.25, 0.3) is 5.91 Å². The number of hydrazone groups is 1. The summed E-state index contributed by atoms with van der Waals surface area (Å²) in [6.45, 7) is 4.08. The highest BCUT2D eigenvalue weighted by atomic mass is 32.1. The Morgan fingerprint density at radius 2 is 1.93 bits per heavy atom. The van der Waals surface area contributed by atoms with Crippen LogP contribution in [0.15, 0.2) is 59.0 Å². The summed E-state index contributed by atoms with van der Waals surface area (Å²) in [5.74, 6) is -0.919. The molecule has 2 heterocycles. The minimum atomic E-state index is -0.699. The number of nitrogens with one attached hydrogen (secondary N) is 1. The van der Waals surface area contributed by atoms with E-state index in [1.165, 1.54) is 21.9 Å². The lowest BCUT2D eigenvalue weighted by molar-refractivity contribution is -0.119. The van der Waals surface area contributed by atoms with Gasteiger partial charge in [-0.1, -0.05) is 42.0 Å². The van der Waals surface area contributed by atoms with Gasteiger partial charge in [0.05, 0.1) is 11.4 Å². The molecule has 2 aromatic carbocycles. The molecule has 1 aromatic heterocycles. The molecule has 1 aliphatic rings. The van der Waals surface area contributed by atoms with Crippen molar-refractivity contribution in [3.8, 4) is 11.3 Å². The lowest BCUT2D eigenvalue weighted by atomic mass is 10.0. The van der Waals surface area contributed by atoms with Gasteiger partial charge in [-0.15, -0.1) is 11.3 Å². The van der Waals surface area contributed by atoms with Crippen LogP contribution in [0.3, 0.4) is 0 Å². The maximum absolute atomic E-state index is 12.8. The van der Waals surface area contributed by atoms with Gasteiger partial charge in [-0.3, -0.25) is 19.9 Å². The topological polar surface area (TPSA) is 101 Å². The van der Waals surface area contributed by atoms with Gasteiger partial charge in [-0.25, -0.2) is 4.98 Å². The molecule has 7 nitrogen and oxygen atoms in total. The van der Waals surface area contributed by atoms with E-state index in [-0.39, 0.29) is 18.0 Å². The van der Waals surface area contributed by atoms with Gasteiger partial charge in [0.15, 0.2) is 5.13 Å². The first kappa shape index (κ1) is 19.8. The van der Waals surface area contributed by atoms with Crippen molar-refractivity contribution in [3.63, 3.8) is 0 Å². The first-order valence-electron chi connectivity index (χ1n) is 9.48. The van der Waals surface area contributed by atoms with E-state index in [0.717, 1.165) is 16.8 Å². The maximum Gasteiger partial charge on any atom is 0.273 e. The third-order valence-electron chi connectivity index (χ3n) is 4.90. The maximum atomic E-state index is 12.8. The second-order valence-corrected chi connectivity index (χ2v) is 8.02. The molecular weight excluding hydrogens is 398 g/mol. The number of primary amides is 1. The van der Waals surface area contributed by atoms with Crippen molar-refractivity contribution in [1.82, 2.24) is 4.98 Å². The highest BCUT2D eigenvalue weighted by Gasteiger charge is 2.35. The number of aromatic nitrogens is 1. The molecule has 30 heavy (non-hydrogen) atoms. The Hall–Kier alpha value is -3.52. The van der Waals surface area contributed by atoms with Crippen LogP contribution < -0.4 is 16.1 Å². The van der Waals surface area contributed by atoms with E-state index < -0.39 is 11.9 Å². The van der Waals surface area contributed by atoms with Gasteiger partial charge >= 0.3 is 0 Å². The smallest absolute Gasteiger partial charge is 0.273 e. The Bertz CT molecular complexity index is 1140. The molecule has 0 radical (unpaired) electrons. The van der Waals surface area contributed by atoms with Gasteiger partial charge in [-0.05, 0) is 31.5 Å². The number of hydrogen-bond donors (Lipinski definition) is 2. The Kier molecular flexibility index (Phi) is 5.33. The molecular formula is C22H21N5O2S. The fourth-order valence-electron chi connectivity index (χ4n) is 3.41. The SMILES string of the molecule is Cc1ccc(-c2csc(NC(=O)C3=NN(c4ccccc4)C(C(N)=O)C3)n2)c(C)c1. The van der Waals surface area contributed by atoms with Gasteiger partial charge in [-0.2, -0.15) is 5.10 Å². The minimum Gasteiger partial charge on any atom is -0.368 e. The van der Waals surface area contributed by atoms with E-state index in [1.54, 1.807) is 0 Å². The van der Waals surface area contributed by atoms with Crippen LogP contribution in [0.2, 0.25) is 0 Å². The second kappa shape index (κ2) is 8.08. The Morgan fingerprint density at radius 3 is 2.63 bits per heavy atom. The van der Waals surface area contributed by atoms with Crippen molar-refractivity contribution in [2.45, 2.75) is 26.3 Å². The van der Waals surface area contributed by atoms with Crippen LogP contribution in [-0.4, -0.2) is 28.6 Å². The summed E-state index contributed by atoms with van der Waals surface area (Å²) >= 11 is 1.35. The molecule has 1 atom stereocenters. The number of rotatable bonds is 5. The van der Waals surface area contributed by atoms with E-state index in [2.05, 4.69) is 21.5 Å². The summed E-state index contributed by atoms with van der Waals surface area (Å²) in [6, 6.07) is 14.6. The standard InChI is InChI=1S/C22H21N5O2S/c1-13-8-9-16(14(2)10-13)18-12-30-22(24-18)25-21(29)17-11-19(20(23)28)27(26-17)15-6-4-3-5-7-15/h3-10,12,19H,11H2,1-2H3,(H2,23,28)(H,24,25,29). The summed E-state index contributed by atoms with van der Waals surface area (Å²) < 4.78 is 0. The first-order chi connectivity index (χ1) is 14.4. The predicted octanol–water partition coefficient (Wildman–Crippen LogP) is 3.49. The number of amides is 2. The number of anilines is 2. The predicted molar refractivity (Wildman–Crippen MR) is 120 cm³/mol. The number of carbonyl (C=O) groups excluding carboxylic acids is 2. The van der Waals surface area contributed by atoms with E-state index >= 15 is 0 Å². The number of aryl methyl sites for hydroxylation is 2. The van der Waals surface area contributed by atoms with Crippen molar-refractivity contribution >= 4 is 39.7 Å². The van der Waals surface area contributed by atoms with Crippen molar-refractivity contribution in [1.29, 1.82) is 0 Å². The zero-order chi connectivity index (χ0) is 21.3. The lowest BCUT2D eigenvalue weighted by Gasteiger charge is -2.20. The highest BCUT2D eigenvalue weighted by molar-refractivity contribution is 7.14. The zero-order valence-corrected chi connectivity index (χ0v) is 17.4. The van der Waals surface area contributed by atoms with Crippen molar-refractivity contribution in [2.24, 2.45) is 10.8 Å². The van der Waals surface area contributed by atoms with Crippen LogP contribution in [0.25, 0.3) is 11.3 Å². The molecule has 0 aliphatic carbocycles. The summed E-state index contributed by atoms with van der Waals surface area (Å²) in [7, 11) is 0. The van der Waals surface area contributed by atoms with Crippen LogP contribution in [0, 0.1) is 13.8 Å². The average Bonchev–Trinajstić information content (AvgIpc) is 3.36. The van der Waals surface area contributed by atoms with Crippen LogP contribution in [0.1, 0.15) is 17.5 Å². The zero-order valence-electron chi connectivity index (χ0n) is 16.6. The molecule has 3 aromatic rings. The molecule has 1 unspecified atom stereocenters. The normalized spacial score (nSPS) is 15.7. The molecule has 1 aliphatic heterocycles. The quantitative estimate of drug-likeness (QED) is 0.661. The van der Waals surface area contributed by atoms with Crippen LogP contribution in [0.5, 0.6) is 0 Å². The average molecular weight is 420 g/mol. The largest absolute Gasteiger partial charge is 0.368 e. The number of nitrogens with two attached hydrogens (primary N) is 1. The Balaban J connectivity index is 1.53. The first-order valence-corrected chi connectivity index (χ1v) is 10.4. The van der Waals surface area contributed by atoms with E-state index in [9.17, 15) is 9.59 Å². The number of carbonyl (C=O) groups is 2. The summed E-state index contributed by atoms with van der Waals surface area (Å²) in [4.78, 5) is 29.2. The number of hydrogen-bond acceptors (Lipinski definition) is 6. The Morgan fingerprint density at radius 1 is 1.17 bits per heavy atom. The fourth-order valence-corrected chi connectivity index (χ4v) is 4.12. The monoisotopic (exact) mass is 419 g/mol. The molecule has 2 amide bonds. The second-order valence-electron chi connectivity index (χ2n) is 7.16. The molecule has 0 saturated heterocycles. The van der Waals surface area contributed by atoms with E-state index in [1.807, 2.05) is 61.7 Å². The lowest BCUT2D eigenvalue weighted by Crippen LogP contribution is -2.39. The van der Waals surface area contributed by atoms with Crippen LogP contribution in [-0.2, 0) is 9.59 Å². The Labute approximate surface area is 178 Å². The third kappa shape index (κ3) is 3.95. The highest BCUT2D eigenvalue weighted by Crippen LogP contribution is 2.29. The van der Waals surface area contributed by atoms with Gasteiger partial charge in [0.1, 0.15) is 11.8 Å². The molecule has 152 valence electrons. The minimum absolute atomic E-state index is 0.144. The number of benzene rings is 2. The molecule has 0 fully saturated rings. The molecule has 0 spiro atoms. The van der Waals surface area contributed by atoms with E-state index in [0.29, 0.717) is 10.8 Å². The number of para-hydroxylation sites is 1. The third-order valence-corrected chi connectivity index (χ3v) is 5.66. The van der Waals surface area contributed by atoms with Gasteiger partial charge in [0.2, 0.25) is 5.91 Å². The molecule has 3 N–H and O–H groups in total. The molecule has 4 rings (SSSR count). The van der Waals surface area contributed by atoms with E-state index in [4.69, 9.17) is 5.73 Å². The molecule has 0 bridgehead atoms. The number of thiazole rings is 1. The van der Waals surface area contributed by atoms with Crippen molar-refractivity contribution in [2.75, 3.05) is 10.3 Å². The van der Waals surface area contributed by atoms with Crippen LogP contribution in [0.4, 0.5) is 10.8 Å². The fraction of sp³-hybridized carbons (Fsp3) is 0.182. The molecule has 0 saturated carbocycles. The van der Waals surface area contributed by atoms with Crippen LogP contribution >= 0.6 is 11.3 Å². The van der Waals surface area contributed by atoms with Crippen molar-refractivity contribution in [3.05, 3.63) is 65.0 Å². The summed E-state index contributed by atoms with van der Waals surface area (Å²) in [5, 5.41) is 11.0.